The fourth-order valence-corrected chi connectivity index (χ4v) is 2.53. The van der Waals surface area contributed by atoms with Crippen molar-refractivity contribution in [2.75, 3.05) is 11.4 Å². The molecule has 0 radical (unpaired) electrons. The van der Waals surface area contributed by atoms with Crippen molar-refractivity contribution >= 4 is 27.5 Å². The highest BCUT2D eigenvalue weighted by atomic mass is 79.9. The summed E-state index contributed by atoms with van der Waals surface area (Å²) in [6.45, 7) is 2.90. The van der Waals surface area contributed by atoms with E-state index in [1.165, 1.54) is 5.56 Å². The third kappa shape index (κ3) is 2.46. The van der Waals surface area contributed by atoms with Gasteiger partial charge in [-0.05, 0) is 53.4 Å². The highest BCUT2D eigenvalue weighted by molar-refractivity contribution is 9.10. The van der Waals surface area contributed by atoms with E-state index in [1.807, 2.05) is 11.0 Å². The molecule has 2 nitrogen and oxygen atoms in total. The number of halogens is 1. The van der Waals surface area contributed by atoms with Gasteiger partial charge in [-0.1, -0.05) is 12.5 Å². The molecule has 1 aliphatic rings. The van der Waals surface area contributed by atoms with Crippen LogP contribution in [-0.2, 0) is 4.79 Å². The molecule has 0 spiro atoms. The number of carbonyl (C=O) groups excluding carboxylic acids is 1. The molecule has 2 rings (SSSR count). The van der Waals surface area contributed by atoms with Gasteiger partial charge in [0, 0.05) is 17.4 Å². The summed E-state index contributed by atoms with van der Waals surface area (Å²) in [7, 11) is 0. The van der Waals surface area contributed by atoms with Crippen LogP contribution in [0.2, 0.25) is 0 Å². The quantitative estimate of drug-likeness (QED) is 0.769. The number of anilines is 1. The van der Waals surface area contributed by atoms with Crippen molar-refractivity contribution in [2.45, 2.75) is 32.6 Å². The van der Waals surface area contributed by atoms with Crippen molar-refractivity contribution in [2.24, 2.45) is 0 Å². The molecule has 1 fully saturated rings. The number of carbonyl (C=O) groups is 1. The molecule has 16 heavy (non-hydrogen) atoms. The minimum Gasteiger partial charge on any atom is -0.311 e. The Kier molecular flexibility index (Phi) is 3.64. The molecule has 0 aromatic heterocycles. The van der Waals surface area contributed by atoms with Gasteiger partial charge in [-0.2, -0.15) is 0 Å². The Balaban J connectivity index is 2.33. The molecular formula is C13H16BrNO. The van der Waals surface area contributed by atoms with Crippen molar-refractivity contribution in [3.05, 3.63) is 28.2 Å². The molecule has 1 amide bonds. The summed E-state index contributed by atoms with van der Waals surface area (Å²) >= 11 is 3.53. The standard InChI is InChI=1S/C13H16BrNO/c1-10-6-7-11(14)12(9-10)15-8-4-2-3-5-13(15)16/h6-7,9H,2-5,8H2,1H3. The van der Waals surface area contributed by atoms with Crippen LogP contribution in [0.3, 0.4) is 0 Å². The van der Waals surface area contributed by atoms with E-state index in [0.29, 0.717) is 6.42 Å². The first-order chi connectivity index (χ1) is 7.68. The van der Waals surface area contributed by atoms with Gasteiger partial charge in [0.1, 0.15) is 0 Å². The second-order valence-corrected chi connectivity index (χ2v) is 5.17. The number of hydrogen-bond donors (Lipinski definition) is 0. The molecule has 0 aliphatic carbocycles. The number of benzene rings is 1. The minimum absolute atomic E-state index is 0.254. The second kappa shape index (κ2) is 5.00. The number of aryl methyl sites for hydroxylation is 1. The van der Waals surface area contributed by atoms with Crippen molar-refractivity contribution in [1.29, 1.82) is 0 Å². The molecule has 1 aromatic rings. The Morgan fingerprint density at radius 1 is 1.25 bits per heavy atom. The van der Waals surface area contributed by atoms with Gasteiger partial charge < -0.3 is 4.90 Å². The Hall–Kier alpha value is -0.830. The Bertz CT molecular complexity index is 403. The highest BCUT2D eigenvalue weighted by Crippen LogP contribution is 2.29. The summed E-state index contributed by atoms with van der Waals surface area (Å²) in [5.41, 5.74) is 2.21. The molecule has 0 atom stereocenters. The molecule has 1 heterocycles. The van der Waals surface area contributed by atoms with E-state index in [-0.39, 0.29) is 5.91 Å². The van der Waals surface area contributed by atoms with Gasteiger partial charge in [-0.3, -0.25) is 4.79 Å². The maximum Gasteiger partial charge on any atom is 0.227 e. The molecule has 0 bridgehead atoms. The minimum atomic E-state index is 0.254. The topological polar surface area (TPSA) is 20.3 Å². The average molecular weight is 282 g/mol. The predicted molar refractivity (Wildman–Crippen MR) is 69.7 cm³/mol. The second-order valence-electron chi connectivity index (χ2n) is 4.31. The maximum absolute atomic E-state index is 12.0. The molecule has 0 N–H and O–H groups in total. The molecule has 1 aromatic carbocycles. The molecule has 0 saturated carbocycles. The van der Waals surface area contributed by atoms with Crippen molar-refractivity contribution < 1.29 is 4.79 Å². The predicted octanol–water partition coefficient (Wildman–Crippen LogP) is 3.66. The molecule has 86 valence electrons. The van der Waals surface area contributed by atoms with E-state index < -0.39 is 0 Å². The first-order valence-corrected chi connectivity index (χ1v) is 6.54. The summed E-state index contributed by atoms with van der Waals surface area (Å²) in [6.07, 6.45) is 3.97. The molecule has 3 heteroatoms. The van der Waals surface area contributed by atoms with Crippen LogP contribution in [0.25, 0.3) is 0 Å². The third-order valence-corrected chi connectivity index (χ3v) is 3.64. The van der Waals surface area contributed by atoms with Gasteiger partial charge in [0.15, 0.2) is 0 Å². The average Bonchev–Trinajstić information content (AvgIpc) is 2.47. The molecule has 1 aliphatic heterocycles. The third-order valence-electron chi connectivity index (χ3n) is 2.97. The van der Waals surface area contributed by atoms with E-state index in [0.717, 1.165) is 36.0 Å². The van der Waals surface area contributed by atoms with E-state index in [2.05, 4.69) is 35.0 Å². The lowest BCUT2D eigenvalue weighted by atomic mass is 10.2. The number of rotatable bonds is 1. The van der Waals surface area contributed by atoms with Gasteiger partial charge in [-0.25, -0.2) is 0 Å². The number of nitrogens with zero attached hydrogens (tertiary/aromatic N) is 1. The summed E-state index contributed by atoms with van der Waals surface area (Å²) in [5, 5.41) is 0. The lowest BCUT2D eigenvalue weighted by Gasteiger charge is -2.22. The zero-order valence-corrected chi connectivity index (χ0v) is 11.1. The van der Waals surface area contributed by atoms with Gasteiger partial charge >= 0.3 is 0 Å². The summed E-state index contributed by atoms with van der Waals surface area (Å²) < 4.78 is 1.01. The van der Waals surface area contributed by atoms with Gasteiger partial charge in [0.05, 0.1) is 5.69 Å². The van der Waals surface area contributed by atoms with E-state index in [9.17, 15) is 4.79 Å². The van der Waals surface area contributed by atoms with Crippen LogP contribution in [-0.4, -0.2) is 12.5 Å². The van der Waals surface area contributed by atoms with Gasteiger partial charge in [-0.15, -0.1) is 0 Å². The van der Waals surface area contributed by atoms with Crippen molar-refractivity contribution in [3.63, 3.8) is 0 Å². The summed E-state index contributed by atoms with van der Waals surface area (Å²) in [6, 6.07) is 6.14. The van der Waals surface area contributed by atoms with Crippen molar-refractivity contribution in [1.82, 2.24) is 0 Å². The maximum atomic E-state index is 12.0. The van der Waals surface area contributed by atoms with E-state index in [4.69, 9.17) is 0 Å². The lowest BCUT2D eigenvalue weighted by Crippen LogP contribution is -2.30. The number of amides is 1. The highest BCUT2D eigenvalue weighted by Gasteiger charge is 2.19. The SMILES string of the molecule is Cc1ccc(Br)c(N2CCCCCC2=O)c1. The lowest BCUT2D eigenvalue weighted by molar-refractivity contribution is -0.118. The first-order valence-electron chi connectivity index (χ1n) is 5.75. The zero-order chi connectivity index (χ0) is 11.5. The molecule has 0 unspecified atom stereocenters. The fourth-order valence-electron chi connectivity index (χ4n) is 2.07. The van der Waals surface area contributed by atoms with Crippen molar-refractivity contribution in [3.8, 4) is 0 Å². The molecular weight excluding hydrogens is 266 g/mol. The first kappa shape index (κ1) is 11.6. The Labute approximate surface area is 105 Å². The Morgan fingerprint density at radius 3 is 2.88 bits per heavy atom. The normalized spacial score (nSPS) is 17.4. The summed E-state index contributed by atoms with van der Waals surface area (Å²) in [4.78, 5) is 13.9. The van der Waals surface area contributed by atoms with E-state index >= 15 is 0 Å². The summed E-state index contributed by atoms with van der Waals surface area (Å²) in [5.74, 6) is 0.254. The number of hydrogen-bond acceptors (Lipinski definition) is 1. The van der Waals surface area contributed by atoms with E-state index in [1.54, 1.807) is 0 Å². The molecule has 1 saturated heterocycles. The van der Waals surface area contributed by atoms with Gasteiger partial charge in [0.2, 0.25) is 5.91 Å². The van der Waals surface area contributed by atoms with Crippen LogP contribution in [0.1, 0.15) is 31.2 Å². The largest absolute Gasteiger partial charge is 0.311 e. The smallest absolute Gasteiger partial charge is 0.227 e. The fraction of sp³-hybridized carbons (Fsp3) is 0.462. The van der Waals surface area contributed by atoms with Crippen LogP contribution >= 0.6 is 15.9 Å². The zero-order valence-electron chi connectivity index (χ0n) is 9.50. The van der Waals surface area contributed by atoms with Crippen LogP contribution < -0.4 is 4.90 Å². The van der Waals surface area contributed by atoms with Crippen LogP contribution in [0, 0.1) is 6.92 Å². The van der Waals surface area contributed by atoms with Crippen LogP contribution in [0.5, 0.6) is 0 Å². The Morgan fingerprint density at radius 2 is 2.06 bits per heavy atom. The van der Waals surface area contributed by atoms with Crippen LogP contribution in [0.15, 0.2) is 22.7 Å². The van der Waals surface area contributed by atoms with Crippen LogP contribution in [0.4, 0.5) is 5.69 Å². The van der Waals surface area contributed by atoms with Gasteiger partial charge in [0.25, 0.3) is 0 Å². The monoisotopic (exact) mass is 281 g/mol.